The van der Waals surface area contributed by atoms with Crippen LogP contribution < -0.4 is 10.6 Å². The molecule has 1 aromatic carbocycles. The molecular weight excluding hydrogens is 262 g/mol. The van der Waals surface area contributed by atoms with Crippen molar-refractivity contribution >= 4 is 22.5 Å². The lowest BCUT2D eigenvalue weighted by molar-refractivity contribution is 0.475. The first-order valence-corrected chi connectivity index (χ1v) is 7.52. The summed E-state index contributed by atoms with van der Waals surface area (Å²) in [5, 5.41) is 8.43. The Morgan fingerprint density at radius 3 is 2.86 bits per heavy atom. The number of aromatic nitrogens is 3. The number of nitrogens with one attached hydrogen (secondary N) is 2. The zero-order chi connectivity index (χ0) is 14.0. The van der Waals surface area contributed by atoms with Gasteiger partial charge in [-0.2, -0.15) is 5.10 Å². The lowest BCUT2D eigenvalue weighted by Crippen LogP contribution is -2.38. The number of nitrogens with zero attached hydrogens (tertiary/aromatic N) is 2. The fraction of sp³-hybridized carbons (Fsp3) is 0.312. The Hall–Kier alpha value is -2.43. The molecule has 3 aliphatic heterocycles. The number of hydrogen-bond donors (Lipinski definition) is 3. The second-order valence-corrected chi connectivity index (χ2v) is 6.08. The van der Waals surface area contributed by atoms with Gasteiger partial charge in [0.25, 0.3) is 0 Å². The maximum Gasteiger partial charge on any atom is 0.145 e. The number of para-hydroxylation sites is 1. The molecule has 0 amide bonds. The number of anilines is 2. The van der Waals surface area contributed by atoms with Crippen LogP contribution in [0.4, 0.5) is 11.6 Å². The van der Waals surface area contributed by atoms with Crippen molar-refractivity contribution in [1.82, 2.24) is 15.2 Å². The van der Waals surface area contributed by atoms with Crippen LogP contribution in [-0.2, 0) is 0 Å². The lowest BCUT2D eigenvalue weighted by atomic mass is 9.84. The molecule has 0 saturated carbocycles. The van der Waals surface area contributed by atoms with Gasteiger partial charge >= 0.3 is 0 Å². The number of benzene rings is 1. The zero-order valence-corrected chi connectivity index (χ0v) is 11.7. The third kappa shape index (κ3) is 1.43. The quantitative estimate of drug-likeness (QED) is 0.641. The molecule has 21 heavy (non-hydrogen) atoms. The van der Waals surface area contributed by atoms with Crippen LogP contribution in [0.1, 0.15) is 24.3 Å². The minimum atomic E-state index is 0.530. The highest BCUT2D eigenvalue weighted by atomic mass is 15.2. The van der Waals surface area contributed by atoms with E-state index in [1.54, 1.807) is 0 Å². The second kappa shape index (κ2) is 3.81. The number of fused-ring (bicyclic) bond motifs is 3. The molecule has 5 nitrogen and oxygen atoms in total. The fourth-order valence-corrected chi connectivity index (χ4v) is 3.98. The predicted octanol–water partition coefficient (Wildman–Crippen LogP) is 2.84. The van der Waals surface area contributed by atoms with Gasteiger partial charge in [0.1, 0.15) is 11.6 Å². The highest BCUT2D eigenvalue weighted by Gasteiger charge is 2.34. The van der Waals surface area contributed by atoms with Crippen molar-refractivity contribution in [2.24, 2.45) is 0 Å². The summed E-state index contributed by atoms with van der Waals surface area (Å²) in [6.07, 6.45) is 2.56. The average molecular weight is 279 g/mol. The highest BCUT2D eigenvalue weighted by Crippen LogP contribution is 2.47. The van der Waals surface area contributed by atoms with E-state index in [-0.39, 0.29) is 0 Å². The third-order valence-electron chi connectivity index (χ3n) is 4.96. The Balaban J connectivity index is 1.81. The summed E-state index contributed by atoms with van der Waals surface area (Å²) in [5.74, 6) is 2.57. The normalized spacial score (nSPS) is 17.6. The van der Waals surface area contributed by atoms with Gasteiger partial charge in [-0.3, -0.25) is 5.10 Å². The molecule has 0 radical (unpaired) electrons. The summed E-state index contributed by atoms with van der Waals surface area (Å²) in [6.45, 7) is 2.35. The number of nitrogens with two attached hydrogens (primary N) is 1. The fourth-order valence-electron chi connectivity index (χ4n) is 3.98. The summed E-state index contributed by atoms with van der Waals surface area (Å²) in [7, 11) is 0. The van der Waals surface area contributed by atoms with Gasteiger partial charge in [-0.25, -0.2) is 0 Å². The van der Waals surface area contributed by atoms with Gasteiger partial charge in [0.2, 0.25) is 0 Å². The van der Waals surface area contributed by atoms with Gasteiger partial charge in [-0.15, -0.1) is 0 Å². The van der Waals surface area contributed by atoms with Gasteiger partial charge < -0.3 is 15.6 Å². The van der Waals surface area contributed by atoms with E-state index in [4.69, 9.17) is 5.73 Å². The van der Waals surface area contributed by atoms with Crippen molar-refractivity contribution in [3.05, 3.63) is 29.8 Å². The monoisotopic (exact) mass is 279 g/mol. The Morgan fingerprint density at radius 2 is 2.10 bits per heavy atom. The van der Waals surface area contributed by atoms with Crippen LogP contribution in [0.15, 0.2) is 24.3 Å². The summed E-state index contributed by atoms with van der Waals surface area (Å²) in [4.78, 5) is 6.15. The number of hydrogen-bond acceptors (Lipinski definition) is 3. The molecule has 3 aromatic rings. The molecular formula is C16H17N5. The molecule has 5 heteroatoms. The first-order valence-electron chi connectivity index (χ1n) is 7.52. The van der Waals surface area contributed by atoms with Crippen LogP contribution in [0.25, 0.3) is 22.2 Å². The van der Waals surface area contributed by atoms with E-state index in [2.05, 4.69) is 38.3 Å². The highest BCUT2D eigenvalue weighted by molar-refractivity contribution is 5.99. The van der Waals surface area contributed by atoms with Crippen LogP contribution in [0, 0.1) is 0 Å². The first-order chi connectivity index (χ1) is 10.3. The Labute approximate surface area is 122 Å². The van der Waals surface area contributed by atoms with Crippen LogP contribution in [0.3, 0.4) is 0 Å². The summed E-state index contributed by atoms with van der Waals surface area (Å²) in [6, 6.07) is 8.37. The molecule has 0 spiro atoms. The molecule has 3 aliphatic rings. The predicted molar refractivity (Wildman–Crippen MR) is 84.5 cm³/mol. The third-order valence-corrected chi connectivity index (χ3v) is 4.96. The molecule has 106 valence electrons. The summed E-state index contributed by atoms with van der Waals surface area (Å²) < 4.78 is 0. The van der Waals surface area contributed by atoms with Gasteiger partial charge in [0.15, 0.2) is 0 Å². The minimum absolute atomic E-state index is 0.530. The number of nitrogen functional groups attached to an aromatic ring is 1. The minimum Gasteiger partial charge on any atom is -0.382 e. The van der Waals surface area contributed by atoms with E-state index in [9.17, 15) is 0 Å². The van der Waals surface area contributed by atoms with Crippen molar-refractivity contribution in [2.45, 2.75) is 18.8 Å². The lowest BCUT2D eigenvalue weighted by Gasteiger charge is -2.40. The van der Waals surface area contributed by atoms with Crippen LogP contribution in [-0.4, -0.2) is 28.3 Å². The molecule has 2 aromatic heterocycles. The van der Waals surface area contributed by atoms with Crippen molar-refractivity contribution in [3.63, 3.8) is 0 Å². The number of piperidine rings is 1. The van der Waals surface area contributed by atoms with Crippen LogP contribution in [0.5, 0.6) is 0 Å². The zero-order valence-electron chi connectivity index (χ0n) is 11.7. The first kappa shape index (κ1) is 11.3. The molecule has 0 unspecified atom stereocenters. The number of H-pyrrole nitrogens is 2. The topological polar surface area (TPSA) is 73.7 Å². The van der Waals surface area contributed by atoms with E-state index < -0.39 is 0 Å². The maximum absolute atomic E-state index is 5.75. The average Bonchev–Trinajstić information content (AvgIpc) is 3.12. The van der Waals surface area contributed by atoms with Crippen LogP contribution >= 0.6 is 0 Å². The number of aromatic amines is 2. The van der Waals surface area contributed by atoms with Crippen molar-refractivity contribution in [2.75, 3.05) is 23.7 Å². The molecule has 0 aliphatic carbocycles. The maximum atomic E-state index is 5.75. The van der Waals surface area contributed by atoms with Gasteiger partial charge in [0, 0.05) is 35.7 Å². The van der Waals surface area contributed by atoms with E-state index in [0.29, 0.717) is 11.7 Å². The summed E-state index contributed by atoms with van der Waals surface area (Å²) in [5.41, 5.74) is 10.6. The van der Waals surface area contributed by atoms with Crippen molar-refractivity contribution in [1.29, 1.82) is 0 Å². The van der Waals surface area contributed by atoms with E-state index in [1.807, 2.05) is 6.07 Å². The van der Waals surface area contributed by atoms with Crippen molar-refractivity contribution < 1.29 is 0 Å². The molecule has 5 heterocycles. The van der Waals surface area contributed by atoms with E-state index in [1.165, 1.54) is 48.2 Å². The molecule has 1 fully saturated rings. The molecule has 0 atom stereocenters. The molecule has 4 N–H and O–H groups in total. The molecule has 1 saturated heterocycles. The molecule has 2 bridgehead atoms. The smallest absolute Gasteiger partial charge is 0.145 e. The van der Waals surface area contributed by atoms with Crippen LogP contribution in [0.2, 0.25) is 0 Å². The Bertz CT molecular complexity index is 836. The van der Waals surface area contributed by atoms with Crippen molar-refractivity contribution in [3.8, 4) is 11.3 Å². The van der Waals surface area contributed by atoms with Gasteiger partial charge in [0.05, 0.1) is 11.2 Å². The summed E-state index contributed by atoms with van der Waals surface area (Å²) >= 11 is 0. The largest absolute Gasteiger partial charge is 0.382 e. The SMILES string of the molecule is Nc1cc(-c2cccc3c4c([nH]c23)N2CCC4CC2)[nH]n1. The number of rotatable bonds is 1. The molecule has 6 rings (SSSR count). The standard InChI is InChI=1S/C16H17N5/c17-13-8-12(19-20-13)10-2-1-3-11-14-9-4-6-21(7-5-9)16(14)18-15(10)11/h1-3,8-9,18H,4-7H2,(H3,17,19,20). The van der Waals surface area contributed by atoms with E-state index >= 15 is 0 Å². The Morgan fingerprint density at radius 1 is 1.24 bits per heavy atom. The second-order valence-electron chi connectivity index (χ2n) is 6.08. The van der Waals surface area contributed by atoms with E-state index in [0.717, 1.165) is 11.3 Å². The van der Waals surface area contributed by atoms with Gasteiger partial charge in [-0.05, 0) is 18.8 Å². The van der Waals surface area contributed by atoms with Gasteiger partial charge in [-0.1, -0.05) is 18.2 Å². The Kier molecular flexibility index (Phi) is 2.04.